The first kappa shape index (κ1) is 24.1. The summed E-state index contributed by atoms with van der Waals surface area (Å²) in [6.45, 7) is 4.21. The Morgan fingerprint density at radius 2 is 1.58 bits per heavy atom. The summed E-state index contributed by atoms with van der Waals surface area (Å²) in [5.41, 5.74) is 2.53. The second kappa shape index (κ2) is 11.9. The van der Waals surface area contributed by atoms with Gasteiger partial charge in [0.1, 0.15) is 11.5 Å². The van der Waals surface area contributed by atoms with Crippen molar-refractivity contribution in [3.63, 3.8) is 0 Å². The Bertz CT molecular complexity index is 1050. The van der Waals surface area contributed by atoms with Crippen LogP contribution in [-0.2, 0) is 16.0 Å². The maximum Gasteiger partial charge on any atom is 0.303 e. The van der Waals surface area contributed by atoms with Gasteiger partial charge in [-0.15, -0.1) is 0 Å². The lowest BCUT2D eigenvalue weighted by Crippen LogP contribution is -2.23. The zero-order chi connectivity index (χ0) is 23.6. The van der Waals surface area contributed by atoms with Crippen LogP contribution in [0.25, 0.3) is 0 Å². The van der Waals surface area contributed by atoms with Crippen LogP contribution in [0.2, 0.25) is 0 Å². The summed E-state index contributed by atoms with van der Waals surface area (Å²) < 4.78 is 5.96. The quantitative estimate of drug-likeness (QED) is 0.346. The maximum absolute atomic E-state index is 13.4. The number of hydrogen-bond donors (Lipinski definition) is 2. The maximum atomic E-state index is 13.4. The fraction of sp³-hybridized carbons (Fsp3) is 0.286. The fourth-order valence-corrected chi connectivity index (χ4v) is 3.78. The number of hydrogen-bond acceptors (Lipinski definition) is 3. The van der Waals surface area contributed by atoms with Crippen LogP contribution in [0.15, 0.2) is 78.9 Å². The van der Waals surface area contributed by atoms with E-state index in [1.54, 1.807) is 0 Å². The molecule has 0 aromatic heterocycles. The number of carbonyl (C=O) groups is 2. The molecule has 1 atom stereocenters. The lowest BCUT2D eigenvalue weighted by molar-refractivity contribution is -0.137. The Morgan fingerprint density at radius 3 is 2.21 bits per heavy atom. The molecule has 0 saturated heterocycles. The van der Waals surface area contributed by atoms with Crippen molar-refractivity contribution in [1.29, 1.82) is 0 Å². The highest BCUT2D eigenvalue weighted by molar-refractivity contribution is 5.96. The van der Waals surface area contributed by atoms with Crippen LogP contribution in [0.3, 0.4) is 0 Å². The third-order valence-electron chi connectivity index (χ3n) is 5.38. The molecule has 0 heterocycles. The van der Waals surface area contributed by atoms with Gasteiger partial charge in [0.15, 0.2) is 0 Å². The van der Waals surface area contributed by atoms with Crippen molar-refractivity contribution in [3.05, 3.63) is 90.0 Å². The number of benzene rings is 3. The topological polar surface area (TPSA) is 75.6 Å². The van der Waals surface area contributed by atoms with E-state index in [0.29, 0.717) is 35.9 Å². The summed E-state index contributed by atoms with van der Waals surface area (Å²) in [6.07, 6.45) is 1.85. The van der Waals surface area contributed by atoms with Gasteiger partial charge in [0.25, 0.3) is 0 Å². The first-order chi connectivity index (χ1) is 15.9. The molecule has 3 aromatic rings. The second-order valence-corrected chi connectivity index (χ2v) is 8.56. The zero-order valence-corrected chi connectivity index (χ0v) is 19.2. The molecule has 3 aromatic carbocycles. The van der Waals surface area contributed by atoms with E-state index in [1.807, 2.05) is 78.9 Å². The third-order valence-corrected chi connectivity index (χ3v) is 5.38. The van der Waals surface area contributed by atoms with Crippen LogP contribution < -0.4 is 10.1 Å². The average molecular weight is 446 g/mol. The molecule has 0 aliphatic rings. The lowest BCUT2D eigenvalue weighted by Gasteiger charge is -2.21. The monoisotopic (exact) mass is 445 g/mol. The molecule has 0 aliphatic heterocycles. The Balaban J connectivity index is 1.86. The largest absolute Gasteiger partial charge is 0.481 e. The van der Waals surface area contributed by atoms with Gasteiger partial charge in [-0.1, -0.05) is 68.4 Å². The molecule has 33 heavy (non-hydrogen) atoms. The van der Waals surface area contributed by atoms with Crippen molar-refractivity contribution in [2.45, 2.75) is 45.4 Å². The Kier molecular flexibility index (Phi) is 8.64. The van der Waals surface area contributed by atoms with Crippen LogP contribution in [0.5, 0.6) is 11.5 Å². The van der Waals surface area contributed by atoms with Crippen molar-refractivity contribution in [2.24, 2.45) is 5.92 Å². The van der Waals surface area contributed by atoms with Gasteiger partial charge in [-0.3, -0.25) is 9.59 Å². The van der Waals surface area contributed by atoms with Gasteiger partial charge in [-0.2, -0.15) is 0 Å². The van der Waals surface area contributed by atoms with E-state index < -0.39 is 5.97 Å². The fourth-order valence-electron chi connectivity index (χ4n) is 3.78. The Hall–Kier alpha value is -3.60. The van der Waals surface area contributed by atoms with Crippen molar-refractivity contribution in [1.82, 2.24) is 0 Å². The van der Waals surface area contributed by atoms with Crippen molar-refractivity contribution < 1.29 is 19.4 Å². The number of amides is 1. The van der Waals surface area contributed by atoms with Gasteiger partial charge in [0.05, 0.1) is 5.92 Å². The van der Waals surface area contributed by atoms with Crippen LogP contribution in [-0.4, -0.2) is 17.0 Å². The molecule has 5 heteroatoms. The number of carboxylic acids is 1. The standard InChI is InChI=1S/C28H31NO4/c1-20(2)18-25(21-10-5-3-6-11-21)28(32)29-26-19-24(33-23-13-7-4-8-14-23)17-16-22(26)12-9-15-27(30)31/h3-8,10-11,13-14,16-17,19-20,25H,9,12,15,18H2,1-2H3,(H,29,32)(H,30,31). The predicted molar refractivity (Wildman–Crippen MR) is 131 cm³/mol. The molecular formula is C28H31NO4. The van der Waals surface area contributed by atoms with Crippen LogP contribution in [0, 0.1) is 5.92 Å². The lowest BCUT2D eigenvalue weighted by atomic mass is 9.89. The van der Waals surface area contributed by atoms with Gasteiger partial charge in [-0.25, -0.2) is 0 Å². The second-order valence-electron chi connectivity index (χ2n) is 8.56. The number of carbonyl (C=O) groups excluding carboxylic acids is 1. The summed E-state index contributed by atoms with van der Waals surface area (Å²) in [4.78, 5) is 24.4. The summed E-state index contributed by atoms with van der Waals surface area (Å²) in [5, 5.41) is 12.1. The minimum absolute atomic E-state index is 0.0776. The molecule has 0 saturated carbocycles. The van der Waals surface area contributed by atoms with Crippen LogP contribution in [0.1, 0.15) is 50.2 Å². The predicted octanol–water partition coefficient (Wildman–Crippen LogP) is 6.65. The minimum Gasteiger partial charge on any atom is -0.481 e. The van der Waals surface area contributed by atoms with E-state index in [2.05, 4.69) is 19.2 Å². The number of nitrogens with one attached hydrogen (secondary N) is 1. The molecule has 0 bridgehead atoms. The molecule has 5 nitrogen and oxygen atoms in total. The molecule has 0 aliphatic carbocycles. The Morgan fingerprint density at radius 1 is 0.909 bits per heavy atom. The van der Waals surface area contributed by atoms with Crippen molar-refractivity contribution in [3.8, 4) is 11.5 Å². The van der Waals surface area contributed by atoms with Crippen molar-refractivity contribution >= 4 is 17.6 Å². The van der Waals surface area contributed by atoms with Gasteiger partial charge in [-0.05, 0) is 54.5 Å². The first-order valence-corrected chi connectivity index (χ1v) is 11.4. The summed E-state index contributed by atoms with van der Waals surface area (Å²) >= 11 is 0. The van der Waals surface area contributed by atoms with Crippen molar-refractivity contribution in [2.75, 3.05) is 5.32 Å². The van der Waals surface area contributed by atoms with E-state index >= 15 is 0 Å². The SMILES string of the molecule is CC(C)CC(C(=O)Nc1cc(Oc2ccccc2)ccc1CCCC(=O)O)c1ccccc1. The number of carboxylic acid groups (broad SMARTS) is 1. The number of aliphatic carboxylic acids is 1. The molecule has 0 fully saturated rings. The van der Waals surface area contributed by atoms with Gasteiger partial charge in [0, 0.05) is 18.2 Å². The molecular weight excluding hydrogens is 414 g/mol. The average Bonchev–Trinajstić information content (AvgIpc) is 2.80. The smallest absolute Gasteiger partial charge is 0.303 e. The molecule has 0 radical (unpaired) electrons. The third kappa shape index (κ3) is 7.49. The highest BCUT2D eigenvalue weighted by Crippen LogP contribution is 2.31. The molecule has 3 rings (SSSR count). The highest BCUT2D eigenvalue weighted by atomic mass is 16.5. The van der Waals surface area contributed by atoms with Gasteiger partial charge in [0.2, 0.25) is 5.91 Å². The summed E-state index contributed by atoms with van der Waals surface area (Å²) in [5.74, 6) is 0.478. The number of ether oxygens (including phenoxy) is 1. The number of anilines is 1. The number of aryl methyl sites for hydroxylation is 1. The van der Waals surface area contributed by atoms with E-state index in [4.69, 9.17) is 9.84 Å². The first-order valence-electron chi connectivity index (χ1n) is 11.4. The van der Waals surface area contributed by atoms with Crippen LogP contribution >= 0.6 is 0 Å². The highest BCUT2D eigenvalue weighted by Gasteiger charge is 2.23. The van der Waals surface area contributed by atoms with E-state index in [1.165, 1.54) is 0 Å². The number of para-hydroxylation sites is 1. The molecule has 1 unspecified atom stereocenters. The van der Waals surface area contributed by atoms with Crippen LogP contribution in [0.4, 0.5) is 5.69 Å². The van der Waals surface area contributed by atoms with Gasteiger partial charge >= 0.3 is 5.97 Å². The summed E-state index contributed by atoms with van der Waals surface area (Å²) in [7, 11) is 0. The molecule has 0 spiro atoms. The zero-order valence-electron chi connectivity index (χ0n) is 19.2. The minimum atomic E-state index is -0.828. The Labute approximate surface area is 195 Å². The van der Waals surface area contributed by atoms with E-state index in [-0.39, 0.29) is 18.2 Å². The molecule has 2 N–H and O–H groups in total. The molecule has 172 valence electrons. The summed E-state index contributed by atoms with van der Waals surface area (Å²) in [6, 6.07) is 24.8. The van der Waals surface area contributed by atoms with E-state index in [0.717, 1.165) is 17.5 Å². The normalized spacial score (nSPS) is 11.7. The van der Waals surface area contributed by atoms with Gasteiger partial charge < -0.3 is 15.2 Å². The van der Waals surface area contributed by atoms with E-state index in [9.17, 15) is 9.59 Å². The number of rotatable bonds is 11. The molecule has 1 amide bonds.